The van der Waals surface area contributed by atoms with E-state index < -0.39 is 11.6 Å². The molecule has 0 N–H and O–H groups in total. The Bertz CT molecular complexity index is 412. The molecule has 1 aromatic rings. The maximum Gasteiger partial charge on any atom is 0.137 e. The summed E-state index contributed by atoms with van der Waals surface area (Å²) in [5.41, 5.74) is 0.260. The minimum absolute atomic E-state index is 0.0222. The first-order valence-electron chi connectivity index (χ1n) is 5.68. The van der Waals surface area contributed by atoms with Crippen LogP contribution in [-0.4, -0.2) is 19.0 Å². The van der Waals surface area contributed by atoms with Crippen molar-refractivity contribution in [2.75, 3.05) is 13.2 Å². The first-order chi connectivity index (χ1) is 8.15. The molecule has 4 heteroatoms. The summed E-state index contributed by atoms with van der Waals surface area (Å²) in [6, 6.07) is 3.30. The van der Waals surface area contributed by atoms with E-state index in [1.54, 1.807) is 0 Å². The summed E-state index contributed by atoms with van der Waals surface area (Å²) in [6.45, 7) is 1.31. The van der Waals surface area contributed by atoms with E-state index in [1.807, 2.05) is 0 Å². The van der Waals surface area contributed by atoms with E-state index in [0.29, 0.717) is 19.6 Å². The zero-order valence-corrected chi connectivity index (χ0v) is 9.42. The van der Waals surface area contributed by atoms with Gasteiger partial charge in [-0.15, -0.1) is 0 Å². The molecule has 2 rings (SSSR count). The van der Waals surface area contributed by atoms with Crippen LogP contribution in [0.15, 0.2) is 18.2 Å². The van der Waals surface area contributed by atoms with Crippen LogP contribution in [-0.2, 0) is 16.0 Å². The molecule has 0 amide bonds. The van der Waals surface area contributed by atoms with Gasteiger partial charge in [-0.1, -0.05) is 6.07 Å². The number of ether oxygens (including phenoxy) is 1. The van der Waals surface area contributed by atoms with Crippen molar-refractivity contribution in [3.63, 3.8) is 0 Å². The van der Waals surface area contributed by atoms with E-state index >= 15 is 0 Å². The van der Waals surface area contributed by atoms with Gasteiger partial charge in [0, 0.05) is 32.1 Å². The highest BCUT2D eigenvalue weighted by Crippen LogP contribution is 2.18. The molecule has 92 valence electrons. The smallest absolute Gasteiger partial charge is 0.137 e. The lowest BCUT2D eigenvalue weighted by Crippen LogP contribution is -2.11. The van der Waals surface area contributed by atoms with Crippen LogP contribution in [0.4, 0.5) is 8.78 Å². The molecule has 2 nitrogen and oxygen atoms in total. The fraction of sp³-hybridized carbons (Fsp3) is 0.462. The molecule has 1 saturated heterocycles. The Balaban J connectivity index is 1.93. The van der Waals surface area contributed by atoms with Crippen LogP contribution in [0.1, 0.15) is 18.4 Å². The molecule has 0 aromatic heterocycles. The number of ketones is 1. The third-order valence-electron chi connectivity index (χ3n) is 2.94. The zero-order valence-electron chi connectivity index (χ0n) is 9.42. The van der Waals surface area contributed by atoms with Gasteiger partial charge in [-0.2, -0.15) is 0 Å². The second-order valence-electron chi connectivity index (χ2n) is 4.38. The maximum atomic E-state index is 13.3. The van der Waals surface area contributed by atoms with Crippen molar-refractivity contribution >= 4 is 5.78 Å². The number of halogens is 2. The minimum atomic E-state index is -0.652. The van der Waals surface area contributed by atoms with Gasteiger partial charge in [0.25, 0.3) is 0 Å². The highest BCUT2D eigenvalue weighted by Gasteiger charge is 2.19. The number of hydrogen-bond acceptors (Lipinski definition) is 2. The van der Waals surface area contributed by atoms with Crippen LogP contribution in [0, 0.1) is 17.6 Å². The molecule has 1 heterocycles. The molecule has 1 aliphatic rings. The zero-order chi connectivity index (χ0) is 12.3. The summed E-state index contributed by atoms with van der Waals surface area (Å²) >= 11 is 0. The van der Waals surface area contributed by atoms with Gasteiger partial charge in [-0.25, -0.2) is 8.78 Å². The first kappa shape index (κ1) is 12.2. The third kappa shape index (κ3) is 3.33. The Morgan fingerprint density at radius 3 is 2.88 bits per heavy atom. The Kier molecular flexibility index (Phi) is 3.84. The highest BCUT2D eigenvalue weighted by atomic mass is 19.1. The lowest BCUT2D eigenvalue weighted by Gasteiger charge is -2.07. The van der Waals surface area contributed by atoms with Crippen molar-refractivity contribution in [2.45, 2.75) is 19.3 Å². The van der Waals surface area contributed by atoms with Crippen LogP contribution in [0.2, 0.25) is 0 Å². The van der Waals surface area contributed by atoms with Gasteiger partial charge in [0.2, 0.25) is 0 Å². The van der Waals surface area contributed by atoms with Crippen LogP contribution in [0.5, 0.6) is 0 Å². The molecule has 17 heavy (non-hydrogen) atoms. The average Bonchev–Trinajstić information content (AvgIpc) is 2.75. The summed E-state index contributed by atoms with van der Waals surface area (Å²) < 4.78 is 31.2. The second-order valence-corrected chi connectivity index (χ2v) is 4.38. The van der Waals surface area contributed by atoms with Crippen molar-refractivity contribution in [1.29, 1.82) is 0 Å². The second kappa shape index (κ2) is 5.36. The van der Waals surface area contributed by atoms with Crippen LogP contribution >= 0.6 is 0 Å². The first-order valence-corrected chi connectivity index (χ1v) is 5.68. The minimum Gasteiger partial charge on any atom is -0.381 e. The van der Waals surface area contributed by atoms with Crippen molar-refractivity contribution in [3.8, 4) is 0 Å². The van der Waals surface area contributed by atoms with E-state index in [4.69, 9.17) is 4.74 Å². The van der Waals surface area contributed by atoms with Gasteiger partial charge < -0.3 is 4.74 Å². The van der Waals surface area contributed by atoms with Gasteiger partial charge in [0.15, 0.2) is 0 Å². The Hall–Kier alpha value is -1.29. The molecule has 0 bridgehead atoms. The number of rotatable bonds is 4. The molecule has 1 aliphatic heterocycles. The summed E-state index contributed by atoms with van der Waals surface area (Å²) in [5, 5.41) is 0. The molecule has 1 atom stereocenters. The molecule has 0 saturated carbocycles. The molecule has 0 radical (unpaired) electrons. The highest BCUT2D eigenvalue weighted by molar-refractivity contribution is 5.81. The predicted molar refractivity (Wildman–Crippen MR) is 58.6 cm³/mol. The molecule has 0 aliphatic carbocycles. The third-order valence-corrected chi connectivity index (χ3v) is 2.94. The number of Topliss-reactive ketones (excluding diaryl/α,β-unsaturated/α-hetero) is 1. The van der Waals surface area contributed by atoms with Crippen LogP contribution in [0.25, 0.3) is 0 Å². The number of hydrogen-bond donors (Lipinski definition) is 0. The summed E-state index contributed by atoms with van der Waals surface area (Å²) in [4.78, 5) is 11.7. The van der Waals surface area contributed by atoms with Gasteiger partial charge >= 0.3 is 0 Å². The van der Waals surface area contributed by atoms with E-state index in [2.05, 4.69) is 0 Å². The predicted octanol–water partition coefficient (Wildman–Crippen LogP) is 2.50. The van der Waals surface area contributed by atoms with Crippen LogP contribution in [0.3, 0.4) is 0 Å². The Morgan fingerprint density at radius 2 is 2.24 bits per heavy atom. The van der Waals surface area contributed by atoms with E-state index in [0.717, 1.165) is 12.5 Å². The van der Waals surface area contributed by atoms with Gasteiger partial charge in [0.1, 0.15) is 17.4 Å². The van der Waals surface area contributed by atoms with Crippen molar-refractivity contribution in [2.24, 2.45) is 5.92 Å². The molecular formula is C13H14F2O2. The lowest BCUT2D eigenvalue weighted by molar-refractivity contribution is -0.119. The summed E-state index contributed by atoms with van der Waals surface area (Å²) in [5.74, 6) is -1.04. The molecule has 1 unspecified atom stereocenters. The van der Waals surface area contributed by atoms with Gasteiger partial charge in [-0.05, 0) is 24.0 Å². The Morgan fingerprint density at radius 1 is 1.41 bits per heavy atom. The van der Waals surface area contributed by atoms with Crippen LogP contribution < -0.4 is 0 Å². The molecule has 1 aromatic carbocycles. The normalized spacial score (nSPS) is 19.5. The monoisotopic (exact) mass is 240 g/mol. The molecule has 1 fully saturated rings. The standard InChI is InChI=1S/C13H14F2O2/c14-11-2-1-10(13(15)7-11)6-12(16)5-9-3-4-17-8-9/h1-2,7,9H,3-6,8H2. The average molecular weight is 240 g/mol. The number of carbonyl (C=O) groups is 1. The Labute approximate surface area is 98.6 Å². The van der Waals surface area contributed by atoms with Crippen molar-refractivity contribution in [3.05, 3.63) is 35.4 Å². The lowest BCUT2D eigenvalue weighted by atomic mass is 9.98. The number of carbonyl (C=O) groups excluding carboxylic acids is 1. The fourth-order valence-corrected chi connectivity index (χ4v) is 2.02. The molecule has 0 spiro atoms. The SMILES string of the molecule is O=C(Cc1ccc(F)cc1F)CC1CCOC1. The maximum absolute atomic E-state index is 13.3. The molecular weight excluding hydrogens is 226 g/mol. The summed E-state index contributed by atoms with van der Waals surface area (Å²) in [6.07, 6.45) is 1.33. The number of benzene rings is 1. The van der Waals surface area contributed by atoms with E-state index in [-0.39, 0.29) is 23.7 Å². The quantitative estimate of drug-likeness (QED) is 0.808. The van der Waals surface area contributed by atoms with Crippen molar-refractivity contribution in [1.82, 2.24) is 0 Å². The summed E-state index contributed by atoms with van der Waals surface area (Å²) in [7, 11) is 0. The van der Waals surface area contributed by atoms with Gasteiger partial charge in [-0.3, -0.25) is 4.79 Å². The fourth-order valence-electron chi connectivity index (χ4n) is 2.02. The largest absolute Gasteiger partial charge is 0.381 e. The van der Waals surface area contributed by atoms with E-state index in [9.17, 15) is 13.6 Å². The van der Waals surface area contributed by atoms with Gasteiger partial charge in [0.05, 0.1) is 0 Å². The van der Waals surface area contributed by atoms with Crippen molar-refractivity contribution < 1.29 is 18.3 Å². The van der Waals surface area contributed by atoms with E-state index in [1.165, 1.54) is 12.1 Å². The topological polar surface area (TPSA) is 26.3 Å².